The van der Waals surface area contributed by atoms with Crippen LogP contribution >= 0.6 is 15.9 Å². The van der Waals surface area contributed by atoms with Gasteiger partial charge in [-0.3, -0.25) is 9.80 Å². The molecule has 0 unspecified atom stereocenters. The molecule has 1 aromatic rings. The van der Waals surface area contributed by atoms with Crippen LogP contribution in [0, 0.1) is 0 Å². The zero-order valence-electron chi connectivity index (χ0n) is 9.86. The lowest BCUT2D eigenvalue weighted by atomic mass is 10.1. The van der Waals surface area contributed by atoms with Gasteiger partial charge in [0.25, 0.3) is 0 Å². The van der Waals surface area contributed by atoms with Crippen molar-refractivity contribution in [3.63, 3.8) is 0 Å². The van der Waals surface area contributed by atoms with Gasteiger partial charge < -0.3 is 9.73 Å². The quantitative estimate of drug-likeness (QED) is 0.907. The number of likely N-dealkylation sites (tertiary alicyclic amines) is 1. The van der Waals surface area contributed by atoms with Gasteiger partial charge in [-0.25, -0.2) is 0 Å². The normalized spacial score (nSPS) is 23.8. The Morgan fingerprint density at radius 1 is 1.35 bits per heavy atom. The van der Waals surface area contributed by atoms with Crippen molar-refractivity contribution in [1.29, 1.82) is 0 Å². The summed E-state index contributed by atoms with van der Waals surface area (Å²) in [5.74, 6) is 1.05. The number of piperazine rings is 1. The minimum atomic E-state index is 0.755. The number of hydrogen-bond acceptors (Lipinski definition) is 4. The molecule has 0 amide bonds. The highest BCUT2D eigenvalue weighted by Gasteiger charge is 2.32. The van der Waals surface area contributed by atoms with E-state index in [4.69, 9.17) is 4.42 Å². The molecule has 17 heavy (non-hydrogen) atoms. The van der Waals surface area contributed by atoms with E-state index in [1.165, 1.54) is 26.2 Å². The number of halogens is 1. The Kier molecular flexibility index (Phi) is 3.51. The molecule has 0 aromatic carbocycles. The maximum absolute atomic E-state index is 5.44. The van der Waals surface area contributed by atoms with E-state index in [9.17, 15) is 0 Å². The van der Waals surface area contributed by atoms with E-state index >= 15 is 0 Å². The Balaban J connectivity index is 1.46. The lowest BCUT2D eigenvalue weighted by Gasteiger charge is -2.46. The average molecular weight is 300 g/mol. The predicted molar refractivity (Wildman–Crippen MR) is 69.9 cm³/mol. The summed E-state index contributed by atoms with van der Waals surface area (Å²) < 4.78 is 6.53. The summed E-state index contributed by atoms with van der Waals surface area (Å²) >= 11 is 3.50. The molecule has 3 rings (SSSR count). The zero-order valence-corrected chi connectivity index (χ0v) is 11.4. The van der Waals surface area contributed by atoms with Crippen molar-refractivity contribution >= 4 is 15.9 Å². The van der Waals surface area contributed by atoms with Crippen LogP contribution in [0.25, 0.3) is 0 Å². The van der Waals surface area contributed by atoms with Gasteiger partial charge in [-0.2, -0.15) is 0 Å². The van der Waals surface area contributed by atoms with E-state index in [2.05, 4.69) is 31.0 Å². The zero-order chi connectivity index (χ0) is 11.7. The Labute approximate surface area is 110 Å². The maximum Gasteiger partial charge on any atom is 0.131 e. The molecule has 2 fully saturated rings. The van der Waals surface area contributed by atoms with Gasteiger partial charge in [0.1, 0.15) is 5.76 Å². The molecule has 2 aliphatic heterocycles. The fourth-order valence-corrected chi connectivity index (χ4v) is 2.92. The third-order valence-electron chi connectivity index (χ3n) is 3.66. The number of nitrogens with zero attached hydrogens (tertiary/aromatic N) is 2. The lowest BCUT2D eigenvalue weighted by Crippen LogP contribution is -2.62. The first-order valence-corrected chi connectivity index (χ1v) is 7.01. The van der Waals surface area contributed by atoms with Gasteiger partial charge in [-0.1, -0.05) is 0 Å². The summed E-state index contributed by atoms with van der Waals surface area (Å²) in [5.41, 5.74) is 0. The van der Waals surface area contributed by atoms with E-state index < -0.39 is 0 Å². The van der Waals surface area contributed by atoms with Crippen LogP contribution in [0.3, 0.4) is 0 Å². The average Bonchev–Trinajstić information content (AvgIpc) is 2.70. The third-order valence-corrected chi connectivity index (χ3v) is 4.37. The molecule has 3 heterocycles. The van der Waals surface area contributed by atoms with Gasteiger partial charge in [0, 0.05) is 45.3 Å². The molecule has 5 heteroatoms. The largest absolute Gasteiger partial charge is 0.467 e. The van der Waals surface area contributed by atoms with Gasteiger partial charge in [-0.15, -0.1) is 0 Å². The first-order chi connectivity index (χ1) is 8.33. The summed E-state index contributed by atoms with van der Waals surface area (Å²) in [4.78, 5) is 5.04. The van der Waals surface area contributed by atoms with Crippen LogP contribution in [-0.4, -0.2) is 55.1 Å². The second kappa shape index (κ2) is 5.10. The molecule has 2 saturated heterocycles. The van der Waals surface area contributed by atoms with Crippen molar-refractivity contribution in [2.24, 2.45) is 0 Å². The monoisotopic (exact) mass is 299 g/mol. The van der Waals surface area contributed by atoms with Crippen LogP contribution in [0.15, 0.2) is 21.2 Å². The molecule has 0 aliphatic carbocycles. The van der Waals surface area contributed by atoms with Crippen LogP contribution in [-0.2, 0) is 6.54 Å². The van der Waals surface area contributed by atoms with Crippen molar-refractivity contribution in [2.45, 2.75) is 12.6 Å². The van der Waals surface area contributed by atoms with E-state index in [0.29, 0.717) is 0 Å². The summed E-state index contributed by atoms with van der Waals surface area (Å²) in [6.07, 6.45) is 1.74. The second-order valence-corrected chi connectivity index (χ2v) is 5.68. The van der Waals surface area contributed by atoms with Gasteiger partial charge in [0.05, 0.1) is 17.3 Å². The molecular weight excluding hydrogens is 282 g/mol. The molecule has 0 bridgehead atoms. The van der Waals surface area contributed by atoms with Crippen molar-refractivity contribution in [2.75, 3.05) is 39.3 Å². The third kappa shape index (κ3) is 2.57. The van der Waals surface area contributed by atoms with Crippen LogP contribution in [0.1, 0.15) is 5.76 Å². The SMILES string of the molecule is Brc1ccoc1CN1CC(N2CCNCC2)C1. The predicted octanol–water partition coefficient (Wildman–Crippen LogP) is 1.13. The Morgan fingerprint density at radius 3 is 2.76 bits per heavy atom. The Hall–Kier alpha value is -0.360. The van der Waals surface area contributed by atoms with Crippen molar-refractivity contribution < 1.29 is 4.42 Å². The topological polar surface area (TPSA) is 31.7 Å². The minimum Gasteiger partial charge on any atom is -0.467 e. The number of furan rings is 1. The molecule has 0 atom stereocenters. The van der Waals surface area contributed by atoms with Gasteiger partial charge in [0.15, 0.2) is 0 Å². The molecule has 1 N–H and O–H groups in total. The van der Waals surface area contributed by atoms with Crippen molar-refractivity contribution in [3.05, 3.63) is 22.6 Å². The van der Waals surface area contributed by atoms with E-state index in [1.54, 1.807) is 6.26 Å². The first kappa shape index (κ1) is 11.7. The van der Waals surface area contributed by atoms with E-state index in [0.717, 1.165) is 35.9 Å². The van der Waals surface area contributed by atoms with Crippen molar-refractivity contribution in [3.8, 4) is 0 Å². The Bertz CT molecular complexity index is 370. The highest BCUT2D eigenvalue weighted by atomic mass is 79.9. The van der Waals surface area contributed by atoms with E-state index in [1.807, 2.05) is 6.07 Å². The van der Waals surface area contributed by atoms with Crippen LogP contribution in [0.2, 0.25) is 0 Å². The van der Waals surface area contributed by atoms with Crippen LogP contribution < -0.4 is 5.32 Å². The molecular formula is C12H18BrN3O. The molecule has 2 aliphatic rings. The summed E-state index contributed by atoms with van der Waals surface area (Å²) in [6.45, 7) is 7.95. The Morgan fingerprint density at radius 2 is 2.12 bits per heavy atom. The lowest BCUT2D eigenvalue weighted by molar-refractivity contribution is 0.0184. The summed E-state index contributed by atoms with van der Waals surface area (Å²) in [7, 11) is 0. The van der Waals surface area contributed by atoms with E-state index in [-0.39, 0.29) is 0 Å². The van der Waals surface area contributed by atoms with Gasteiger partial charge in [-0.05, 0) is 22.0 Å². The second-order valence-electron chi connectivity index (χ2n) is 4.83. The first-order valence-electron chi connectivity index (χ1n) is 6.22. The molecule has 94 valence electrons. The number of hydrogen-bond donors (Lipinski definition) is 1. The van der Waals surface area contributed by atoms with Crippen LogP contribution in [0.5, 0.6) is 0 Å². The smallest absolute Gasteiger partial charge is 0.131 e. The standard InChI is InChI=1S/C12H18BrN3O/c13-11-1-6-17-12(11)9-15-7-10(8-15)16-4-2-14-3-5-16/h1,6,10,14H,2-5,7-9H2. The molecule has 0 radical (unpaired) electrons. The molecule has 0 saturated carbocycles. The van der Waals surface area contributed by atoms with Crippen molar-refractivity contribution in [1.82, 2.24) is 15.1 Å². The summed E-state index contributed by atoms with van der Waals surface area (Å²) in [6, 6.07) is 2.72. The molecule has 1 aromatic heterocycles. The molecule has 4 nitrogen and oxygen atoms in total. The molecule has 0 spiro atoms. The fourth-order valence-electron chi connectivity index (χ4n) is 2.59. The van der Waals surface area contributed by atoms with Gasteiger partial charge >= 0.3 is 0 Å². The highest BCUT2D eigenvalue weighted by molar-refractivity contribution is 9.10. The fraction of sp³-hybridized carbons (Fsp3) is 0.667. The maximum atomic E-state index is 5.44. The summed E-state index contributed by atoms with van der Waals surface area (Å²) in [5, 5.41) is 3.40. The van der Waals surface area contributed by atoms with Gasteiger partial charge in [0.2, 0.25) is 0 Å². The highest BCUT2D eigenvalue weighted by Crippen LogP contribution is 2.23. The minimum absolute atomic E-state index is 0.755. The number of nitrogens with one attached hydrogen (secondary N) is 1. The number of rotatable bonds is 3. The van der Waals surface area contributed by atoms with Crippen LogP contribution in [0.4, 0.5) is 0 Å².